The number of carbonyl (C=O) groups excluding carboxylic acids is 1. The van der Waals surface area contributed by atoms with Crippen LogP contribution in [0.1, 0.15) is 27.3 Å². The molecule has 0 aliphatic heterocycles. The second-order valence-electron chi connectivity index (χ2n) is 5.55. The number of fused-ring (bicyclic) bond motifs is 1. The van der Waals surface area contributed by atoms with Gasteiger partial charge in [0.1, 0.15) is 0 Å². The number of nitrogens with one attached hydrogen (secondary N) is 1. The van der Waals surface area contributed by atoms with Crippen LogP contribution in [-0.2, 0) is 12.8 Å². The lowest BCUT2D eigenvalue weighted by Crippen LogP contribution is -2.39. The largest absolute Gasteiger partial charge is 0.348 e. The van der Waals surface area contributed by atoms with E-state index >= 15 is 0 Å². The number of halogens is 1. The van der Waals surface area contributed by atoms with Gasteiger partial charge in [-0.05, 0) is 37.0 Å². The molecule has 1 N–H and O–H groups in total. The SMILES string of the molecule is CN(C)c1ncc2c(n1)CCC(NC(=O)c1ccc(Cl)s1)C2. The molecule has 0 saturated carbocycles. The molecule has 3 rings (SSSR count). The number of hydrogen-bond acceptors (Lipinski definition) is 5. The molecule has 1 aliphatic carbocycles. The van der Waals surface area contributed by atoms with Gasteiger partial charge in [-0.15, -0.1) is 11.3 Å². The Bertz CT molecular complexity index is 701. The van der Waals surface area contributed by atoms with E-state index in [1.54, 1.807) is 12.1 Å². The molecular weight excluding hydrogens is 320 g/mol. The fraction of sp³-hybridized carbons (Fsp3) is 0.400. The molecule has 1 amide bonds. The second kappa shape index (κ2) is 6.22. The third-order valence-electron chi connectivity index (χ3n) is 3.67. The van der Waals surface area contributed by atoms with Gasteiger partial charge in [0.05, 0.1) is 9.21 Å². The van der Waals surface area contributed by atoms with E-state index in [-0.39, 0.29) is 11.9 Å². The zero-order valence-corrected chi connectivity index (χ0v) is 14.0. The van der Waals surface area contributed by atoms with Gasteiger partial charge in [0, 0.05) is 32.0 Å². The van der Waals surface area contributed by atoms with Crippen LogP contribution in [-0.4, -0.2) is 36.0 Å². The lowest BCUT2D eigenvalue weighted by atomic mass is 9.93. The molecule has 0 aromatic carbocycles. The number of anilines is 1. The normalized spacial score (nSPS) is 17.0. The van der Waals surface area contributed by atoms with Crippen LogP contribution in [0.3, 0.4) is 0 Å². The minimum Gasteiger partial charge on any atom is -0.348 e. The molecule has 1 aliphatic rings. The van der Waals surface area contributed by atoms with Gasteiger partial charge in [0.25, 0.3) is 5.91 Å². The van der Waals surface area contributed by atoms with E-state index in [0.29, 0.717) is 9.21 Å². The Morgan fingerprint density at radius 2 is 2.27 bits per heavy atom. The average molecular weight is 337 g/mol. The van der Waals surface area contributed by atoms with Crippen LogP contribution >= 0.6 is 22.9 Å². The predicted molar refractivity (Wildman–Crippen MR) is 89.0 cm³/mol. The van der Waals surface area contributed by atoms with E-state index in [0.717, 1.165) is 36.5 Å². The molecule has 0 spiro atoms. The van der Waals surface area contributed by atoms with Crippen LogP contribution in [0.4, 0.5) is 5.95 Å². The monoisotopic (exact) mass is 336 g/mol. The van der Waals surface area contributed by atoms with Gasteiger partial charge in [-0.1, -0.05) is 11.6 Å². The Morgan fingerprint density at radius 1 is 1.45 bits per heavy atom. The minimum absolute atomic E-state index is 0.0591. The van der Waals surface area contributed by atoms with E-state index in [1.165, 1.54) is 11.3 Å². The van der Waals surface area contributed by atoms with Crippen molar-refractivity contribution < 1.29 is 4.79 Å². The molecular formula is C15H17ClN4OS. The van der Waals surface area contributed by atoms with Gasteiger partial charge in [0.2, 0.25) is 5.95 Å². The van der Waals surface area contributed by atoms with Gasteiger partial charge < -0.3 is 10.2 Å². The second-order valence-corrected chi connectivity index (χ2v) is 7.27. The number of thiophene rings is 1. The number of hydrogen-bond donors (Lipinski definition) is 1. The molecule has 0 bridgehead atoms. The minimum atomic E-state index is -0.0591. The molecule has 0 saturated heterocycles. The van der Waals surface area contributed by atoms with E-state index in [2.05, 4.69) is 15.3 Å². The van der Waals surface area contributed by atoms with Crippen molar-refractivity contribution in [2.45, 2.75) is 25.3 Å². The van der Waals surface area contributed by atoms with E-state index in [1.807, 2.05) is 25.2 Å². The fourth-order valence-electron chi connectivity index (χ4n) is 2.53. The number of aromatic nitrogens is 2. The predicted octanol–water partition coefficient (Wildman–Crippen LogP) is 2.54. The zero-order valence-electron chi connectivity index (χ0n) is 12.5. The van der Waals surface area contributed by atoms with E-state index < -0.39 is 0 Å². The lowest BCUT2D eigenvalue weighted by molar-refractivity contribution is 0.0937. The van der Waals surface area contributed by atoms with Gasteiger partial charge in [-0.3, -0.25) is 4.79 Å². The molecule has 0 radical (unpaired) electrons. The zero-order chi connectivity index (χ0) is 15.7. The smallest absolute Gasteiger partial charge is 0.261 e. The molecule has 0 fully saturated rings. The number of rotatable bonds is 3. The quantitative estimate of drug-likeness (QED) is 0.935. The Kier molecular flexibility index (Phi) is 4.31. The Hall–Kier alpha value is -1.66. The summed E-state index contributed by atoms with van der Waals surface area (Å²) in [4.78, 5) is 23.7. The van der Waals surface area contributed by atoms with Crippen molar-refractivity contribution in [1.29, 1.82) is 0 Å². The highest BCUT2D eigenvalue weighted by atomic mass is 35.5. The Morgan fingerprint density at radius 3 is 2.95 bits per heavy atom. The summed E-state index contributed by atoms with van der Waals surface area (Å²) in [6.45, 7) is 0. The van der Waals surface area contributed by atoms with Crippen LogP contribution in [0.15, 0.2) is 18.3 Å². The lowest BCUT2D eigenvalue weighted by Gasteiger charge is -2.25. The highest BCUT2D eigenvalue weighted by Crippen LogP contribution is 2.23. The summed E-state index contributed by atoms with van der Waals surface area (Å²) >= 11 is 7.17. The molecule has 22 heavy (non-hydrogen) atoms. The first-order chi connectivity index (χ1) is 10.5. The molecule has 2 aromatic heterocycles. The van der Waals surface area contributed by atoms with Gasteiger partial charge in [-0.2, -0.15) is 0 Å². The summed E-state index contributed by atoms with van der Waals surface area (Å²) in [5.74, 6) is 0.672. The number of nitrogens with zero attached hydrogens (tertiary/aromatic N) is 3. The third-order valence-corrected chi connectivity index (χ3v) is 4.90. The van der Waals surface area contributed by atoms with Crippen molar-refractivity contribution in [2.75, 3.05) is 19.0 Å². The molecule has 1 atom stereocenters. The Labute approximate surface area is 138 Å². The van der Waals surface area contributed by atoms with Crippen LogP contribution < -0.4 is 10.2 Å². The summed E-state index contributed by atoms with van der Waals surface area (Å²) in [6, 6.07) is 3.62. The summed E-state index contributed by atoms with van der Waals surface area (Å²) < 4.78 is 0.628. The van der Waals surface area contributed by atoms with Crippen LogP contribution in [0, 0.1) is 0 Å². The average Bonchev–Trinajstić information content (AvgIpc) is 2.93. The number of amides is 1. The summed E-state index contributed by atoms with van der Waals surface area (Å²) in [5.41, 5.74) is 2.20. The van der Waals surface area contributed by atoms with Crippen LogP contribution in [0.25, 0.3) is 0 Å². The number of aryl methyl sites for hydroxylation is 1. The highest BCUT2D eigenvalue weighted by Gasteiger charge is 2.23. The van der Waals surface area contributed by atoms with Crippen molar-refractivity contribution in [3.63, 3.8) is 0 Å². The first-order valence-corrected chi connectivity index (χ1v) is 8.30. The van der Waals surface area contributed by atoms with Crippen LogP contribution in [0.5, 0.6) is 0 Å². The maximum Gasteiger partial charge on any atom is 0.261 e. The van der Waals surface area contributed by atoms with Crippen molar-refractivity contribution in [2.24, 2.45) is 0 Å². The molecule has 2 aromatic rings. The van der Waals surface area contributed by atoms with Gasteiger partial charge >= 0.3 is 0 Å². The summed E-state index contributed by atoms with van der Waals surface area (Å²) in [7, 11) is 3.86. The van der Waals surface area contributed by atoms with Crippen LogP contribution in [0.2, 0.25) is 4.34 Å². The van der Waals surface area contributed by atoms with E-state index in [9.17, 15) is 4.79 Å². The maximum absolute atomic E-state index is 12.2. The summed E-state index contributed by atoms with van der Waals surface area (Å²) in [6.07, 6.45) is 4.39. The Balaban J connectivity index is 1.68. The molecule has 116 valence electrons. The van der Waals surface area contributed by atoms with Crippen molar-refractivity contribution in [1.82, 2.24) is 15.3 Å². The molecule has 7 heteroatoms. The highest BCUT2D eigenvalue weighted by molar-refractivity contribution is 7.17. The van der Waals surface area contributed by atoms with Crippen molar-refractivity contribution in [3.8, 4) is 0 Å². The van der Waals surface area contributed by atoms with Gasteiger partial charge in [-0.25, -0.2) is 9.97 Å². The molecule has 1 unspecified atom stereocenters. The first-order valence-electron chi connectivity index (χ1n) is 7.11. The first kappa shape index (κ1) is 15.2. The molecule has 5 nitrogen and oxygen atoms in total. The topological polar surface area (TPSA) is 58.1 Å². The van der Waals surface area contributed by atoms with E-state index in [4.69, 9.17) is 11.6 Å². The van der Waals surface area contributed by atoms with Gasteiger partial charge in [0.15, 0.2) is 0 Å². The fourth-order valence-corrected chi connectivity index (χ4v) is 3.47. The van der Waals surface area contributed by atoms with Crippen molar-refractivity contribution >= 4 is 34.8 Å². The molecule has 2 heterocycles. The summed E-state index contributed by atoms with van der Waals surface area (Å²) in [5, 5.41) is 3.07. The third kappa shape index (κ3) is 3.23. The standard InChI is InChI=1S/C15H17ClN4OS/c1-20(2)15-17-8-9-7-10(3-4-11(9)19-15)18-14(21)12-5-6-13(16)22-12/h5-6,8,10H,3-4,7H2,1-2H3,(H,18,21). The maximum atomic E-state index is 12.2. The number of carbonyl (C=O) groups is 1. The van der Waals surface area contributed by atoms with Crippen molar-refractivity contribution in [3.05, 3.63) is 38.8 Å².